The predicted octanol–water partition coefficient (Wildman–Crippen LogP) is 5.27. The Balaban J connectivity index is 1.32. The molecule has 1 heterocycles. The van der Waals surface area contributed by atoms with Crippen molar-refractivity contribution in [2.45, 2.75) is 13.0 Å². The maximum Gasteiger partial charge on any atom is 0.264 e. The summed E-state index contributed by atoms with van der Waals surface area (Å²) in [6, 6.07) is 22.2. The van der Waals surface area contributed by atoms with E-state index >= 15 is 0 Å². The number of hydrogen-bond acceptors (Lipinski definition) is 6. The fourth-order valence-electron chi connectivity index (χ4n) is 2.94. The second kappa shape index (κ2) is 10.1. The number of carbonyl (C=O) groups is 1. The Kier molecular flexibility index (Phi) is 6.81. The van der Waals surface area contributed by atoms with Crippen LogP contribution >= 0.6 is 15.9 Å². The molecular weight excluding hydrogens is 474 g/mol. The summed E-state index contributed by atoms with van der Waals surface area (Å²) >= 11 is 3.38. The average molecular weight is 494 g/mol. The minimum atomic E-state index is -0.102. The minimum absolute atomic E-state index is 0.102. The molecule has 8 heteroatoms. The number of ether oxygens (including phenoxy) is 2. The van der Waals surface area contributed by atoms with Crippen molar-refractivity contribution >= 4 is 27.5 Å². The first-order chi connectivity index (χ1) is 15.6. The maximum absolute atomic E-state index is 12.3. The molecule has 0 aliphatic heterocycles. The summed E-state index contributed by atoms with van der Waals surface area (Å²) in [4.78, 5) is 16.7. The number of methoxy groups -OCH3 is 1. The van der Waals surface area contributed by atoms with Gasteiger partial charge in [-0.25, -0.2) is 0 Å². The minimum Gasteiger partial charge on any atom is -0.497 e. The van der Waals surface area contributed by atoms with E-state index in [1.54, 1.807) is 19.2 Å². The van der Waals surface area contributed by atoms with Crippen LogP contribution in [0.15, 0.2) is 81.8 Å². The molecule has 0 radical (unpaired) electrons. The SMILES string of the molecule is COc1ccc(CC(=O)Nc2ccc(-c3noc(COc4ccc(Br)cc4)n3)cc2)cc1. The van der Waals surface area contributed by atoms with E-state index in [0.29, 0.717) is 23.2 Å². The van der Waals surface area contributed by atoms with Crippen LogP contribution in [0.4, 0.5) is 5.69 Å². The Morgan fingerprint density at radius 2 is 1.66 bits per heavy atom. The van der Waals surface area contributed by atoms with Crippen LogP contribution in [0.2, 0.25) is 0 Å². The van der Waals surface area contributed by atoms with Gasteiger partial charge in [0.2, 0.25) is 11.7 Å². The lowest BCUT2D eigenvalue weighted by Gasteiger charge is -2.06. The number of nitrogens with zero attached hydrogens (tertiary/aromatic N) is 2. The molecular formula is C24H20BrN3O4. The molecule has 0 unspecified atom stereocenters. The highest BCUT2D eigenvalue weighted by Crippen LogP contribution is 2.21. The molecule has 0 saturated heterocycles. The van der Waals surface area contributed by atoms with Gasteiger partial charge in [0.25, 0.3) is 5.89 Å². The largest absolute Gasteiger partial charge is 0.497 e. The Labute approximate surface area is 193 Å². The molecule has 0 atom stereocenters. The molecule has 7 nitrogen and oxygen atoms in total. The number of carbonyl (C=O) groups excluding carboxylic acids is 1. The van der Waals surface area contributed by atoms with Gasteiger partial charge in [-0.3, -0.25) is 4.79 Å². The first-order valence-electron chi connectivity index (χ1n) is 9.83. The summed E-state index contributed by atoms with van der Waals surface area (Å²) in [6.45, 7) is 0.175. The first kappa shape index (κ1) is 21.6. The molecule has 1 N–H and O–H groups in total. The van der Waals surface area contributed by atoms with Gasteiger partial charge >= 0.3 is 0 Å². The summed E-state index contributed by atoms with van der Waals surface area (Å²) in [5, 5.41) is 6.89. The molecule has 4 aromatic rings. The van der Waals surface area contributed by atoms with Crippen molar-refractivity contribution in [1.29, 1.82) is 0 Å². The summed E-state index contributed by atoms with van der Waals surface area (Å²) in [6.07, 6.45) is 0.276. The molecule has 0 aliphatic carbocycles. The van der Waals surface area contributed by atoms with Crippen molar-refractivity contribution in [3.05, 3.63) is 88.7 Å². The van der Waals surface area contributed by atoms with E-state index in [4.69, 9.17) is 14.0 Å². The van der Waals surface area contributed by atoms with Gasteiger partial charge in [-0.15, -0.1) is 0 Å². The van der Waals surface area contributed by atoms with E-state index in [1.807, 2.05) is 60.7 Å². The molecule has 0 aliphatic rings. The lowest BCUT2D eigenvalue weighted by Crippen LogP contribution is -2.14. The fraction of sp³-hybridized carbons (Fsp3) is 0.125. The zero-order valence-corrected chi connectivity index (χ0v) is 18.8. The van der Waals surface area contributed by atoms with Crippen LogP contribution in [0.3, 0.4) is 0 Å². The van der Waals surface area contributed by atoms with Crippen LogP contribution in [-0.2, 0) is 17.8 Å². The Morgan fingerprint density at radius 3 is 2.34 bits per heavy atom. The lowest BCUT2D eigenvalue weighted by molar-refractivity contribution is -0.115. The first-order valence-corrected chi connectivity index (χ1v) is 10.6. The molecule has 162 valence electrons. The van der Waals surface area contributed by atoms with E-state index in [1.165, 1.54) is 0 Å². The van der Waals surface area contributed by atoms with Crippen LogP contribution in [0, 0.1) is 0 Å². The fourth-order valence-corrected chi connectivity index (χ4v) is 3.21. The Morgan fingerprint density at radius 1 is 0.969 bits per heavy atom. The van der Waals surface area contributed by atoms with Gasteiger partial charge in [0.1, 0.15) is 11.5 Å². The molecule has 32 heavy (non-hydrogen) atoms. The van der Waals surface area contributed by atoms with Gasteiger partial charge in [-0.2, -0.15) is 4.98 Å². The van der Waals surface area contributed by atoms with Crippen molar-refractivity contribution in [2.24, 2.45) is 0 Å². The highest BCUT2D eigenvalue weighted by atomic mass is 79.9. The number of aromatic nitrogens is 2. The smallest absolute Gasteiger partial charge is 0.264 e. The molecule has 3 aromatic carbocycles. The van der Waals surface area contributed by atoms with Crippen LogP contribution in [0.1, 0.15) is 11.5 Å². The lowest BCUT2D eigenvalue weighted by atomic mass is 10.1. The Bertz CT molecular complexity index is 1170. The van der Waals surface area contributed by atoms with Crippen molar-refractivity contribution in [2.75, 3.05) is 12.4 Å². The second-order valence-corrected chi connectivity index (χ2v) is 7.82. The quantitative estimate of drug-likeness (QED) is 0.359. The summed E-state index contributed by atoms with van der Waals surface area (Å²) in [5.41, 5.74) is 2.37. The Hall–Kier alpha value is -3.65. The van der Waals surface area contributed by atoms with Gasteiger partial charge in [-0.05, 0) is 66.2 Å². The third-order valence-corrected chi connectivity index (χ3v) is 5.12. The van der Waals surface area contributed by atoms with Crippen LogP contribution in [0.25, 0.3) is 11.4 Å². The van der Waals surface area contributed by atoms with Crippen molar-refractivity contribution in [3.63, 3.8) is 0 Å². The number of halogens is 1. The molecule has 1 aromatic heterocycles. The van der Waals surface area contributed by atoms with E-state index in [9.17, 15) is 4.79 Å². The highest BCUT2D eigenvalue weighted by Gasteiger charge is 2.10. The molecule has 0 bridgehead atoms. The molecule has 4 rings (SSSR count). The second-order valence-electron chi connectivity index (χ2n) is 6.90. The summed E-state index contributed by atoms with van der Waals surface area (Å²) in [7, 11) is 1.61. The number of nitrogens with one attached hydrogen (secondary N) is 1. The number of anilines is 1. The van der Waals surface area contributed by atoms with Gasteiger partial charge < -0.3 is 19.3 Å². The van der Waals surface area contributed by atoms with Crippen LogP contribution < -0.4 is 14.8 Å². The van der Waals surface area contributed by atoms with E-state index in [-0.39, 0.29) is 18.9 Å². The molecule has 0 spiro atoms. The van der Waals surface area contributed by atoms with Gasteiger partial charge in [-0.1, -0.05) is 33.2 Å². The van der Waals surface area contributed by atoms with E-state index < -0.39 is 0 Å². The topological polar surface area (TPSA) is 86.5 Å². The summed E-state index contributed by atoms with van der Waals surface area (Å²) in [5.74, 6) is 2.20. The van der Waals surface area contributed by atoms with Gasteiger partial charge in [0.15, 0.2) is 6.61 Å². The van der Waals surface area contributed by atoms with Gasteiger partial charge in [0.05, 0.1) is 13.5 Å². The third kappa shape index (κ3) is 5.73. The van der Waals surface area contributed by atoms with Crippen LogP contribution in [-0.4, -0.2) is 23.2 Å². The van der Waals surface area contributed by atoms with Crippen molar-refractivity contribution < 1.29 is 18.8 Å². The molecule has 0 saturated carbocycles. The maximum atomic E-state index is 12.3. The zero-order valence-electron chi connectivity index (χ0n) is 17.2. The van der Waals surface area contributed by atoms with E-state index in [0.717, 1.165) is 21.3 Å². The van der Waals surface area contributed by atoms with Gasteiger partial charge in [0, 0.05) is 15.7 Å². The highest BCUT2D eigenvalue weighted by molar-refractivity contribution is 9.10. The molecule has 1 amide bonds. The van der Waals surface area contributed by atoms with Crippen LogP contribution in [0.5, 0.6) is 11.5 Å². The number of amides is 1. The standard InChI is InChI=1S/C24H20BrN3O4/c1-30-20-10-2-16(3-11-20)14-22(29)26-19-8-4-17(5-9-19)24-27-23(32-28-24)15-31-21-12-6-18(25)7-13-21/h2-13H,14-15H2,1H3,(H,26,29). The van der Waals surface area contributed by atoms with E-state index in [2.05, 4.69) is 31.4 Å². The normalized spacial score (nSPS) is 10.6. The van der Waals surface area contributed by atoms with Crippen molar-refractivity contribution in [3.8, 4) is 22.9 Å². The average Bonchev–Trinajstić information content (AvgIpc) is 3.29. The monoisotopic (exact) mass is 493 g/mol. The predicted molar refractivity (Wildman–Crippen MR) is 124 cm³/mol. The number of hydrogen-bond donors (Lipinski definition) is 1. The third-order valence-electron chi connectivity index (χ3n) is 4.59. The van der Waals surface area contributed by atoms with Crippen molar-refractivity contribution in [1.82, 2.24) is 10.1 Å². The number of benzene rings is 3. The number of rotatable bonds is 8. The zero-order chi connectivity index (χ0) is 22.3. The summed E-state index contributed by atoms with van der Waals surface area (Å²) < 4.78 is 17.0. The molecule has 0 fully saturated rings.